The molecule has 0 bridgehead atoms. The first-order valence-electron chi connectivity index (χ1n) is 25.8. The normalized spacial score (nSPS) is 11.5. The summed E-state index contributed by atoms with van der Waals surface area (Å²) in [5.74, 6) is 3.64. The molecule has 14 heteroatoms. The zero-order valence-electron chi connectivity index (χ0n) is 48.5. The van der Waals surface area contributed by atoms with Crippen LogP contribution in [0.1, 0.15) is 69.5 Å². The quantitative estimate of drug-likeness (QED) is 0.0682. The van der Waals surface area contributed by atoms with Gasteiger partial charge in [-0.3, -0.25) is 0 Å². The summed E-state index contributed by atoms with van der Waals surface area (Å²) in [6.07, 6.45) is 0. The second-order valence-electron chi connectivity index (χ2n) is 20.3. The molecule has 8 aromatic rings. The largest absolute Gasteiger partial charge is 2.00 e. The van der Waals surface area contributed by atoms with Crippen LogP contribution >= 0.6 is 15.8 Å². The first kappa shape index (κ1) is 63.9. The third-order valence-corrected chi connectivity index (χ3v) is 18.4. The van der Waals surface area contributed by atoms with Crippen LogP contribution in [0.4, 0.5) is 0 Å². The fraction of sp³-hybridized carbons (Fsp3) is 0.292. The SMILES string of the molecule is COc1cc(P(c2cc(C)cc(C)c2)c2cc(C)cc(C)c2)c(-c2c(P(c3cc(C)cc(C)c3)c3cc(C)cc(C)c3)cc(OC)nc2OC)c(OC)n1.COc1ccc(C(N)(c2ccc(OC)cc2)[C@@H](N)C(C)C)cc1.[Cl-].[Ru+2]. The van der Waals surface area contributed by atoms with Crippen molar-refractivity contribution in [1.29, 1.82) is 0 Å². The van der Waals surface area contributed by atoms with Crippen molar-refractivity contribution in [3.8, 4) is 46.1 Å². The molecule has 0 radical (unpaired) electrons. The monoisotopic (exact) mass is 1210 g/mol. The van der Waals surface area contributed by atoms with E-state index in [1.807, 2.05) is 48.5 Å². The Morgan fingerprint density at radius 2 is 0.671 bits per heavy atom. The van der Waals surface area contributed by atoms with Crippen molar-refractivity contribution in [2.75, 3.05) is 42.7 Å². The molecule has 1 atom stereocenters. The van der Waals surface area contributed by atoms with Crippen LogP contribution in [0.5, 0.6) is 35.0 Å². The molecule has 0 spiro atoms. The fourth-order valence-electron chi connectivity index (χ4n) is 10.3. The molecule has 0 saturated carbocycles. The second-order valence-corrected chi connectivity index (χ2v) is 24.7. The number of aryl methyl sites for hydroxylation is 8. The summed E-state index contributed by atoms with van der Waals surface area (Å²) in [5, 5.41) is 6.94. The Labute approximate surface area is 491 Å². The van der Waals surface area contributed by atoms with E-state index in [9.17, 15) is 0 Å². The Morgan fingerprint density at radius 1 is 0.405 bits per heavy atom. The number of pyridine rings is 2. The Hall–Kier alpha value is -5.89. The van der Waals surface area contributed by atoms with Gasteiger partial charge >= 0.3 is 19.5 Å². The van der Waals surface area contributed by atoms with Gasteiger partial charge in [0.2, 0.25) is 23.5 Å². The van der Waals surface area contributed by atoms with E-state index < -0.39 is 21.4 Å². The van der Waals surface area contributed by atoms with Crippen LogP contribution in [0, 0.1) is 61.3 Å². The number of nitrogens with two attached hydrogens (primary N) is 2. The maximum Gasteiger partial charge on any atom is 2.00 e. The number of hydrogen-bond donors (Lipinski definition) is 2. The third-order valence-electron chi connectivity index (χ3n) is 13.7. The minimum Gasteiger partial charge on any atom is -1.00 e. The molecule has 0 unspecified atom stereocenters. The fourth-order valence-corrected chi connectivity index (χ4v) is 16.0. The van der Waals surface area contributed by atoms with Gasteiger partial charge in [0, 0.05) is 28.8 Å². The van der Waals surface area contributed by atoms with Gasteiger partial charge in [-0.15, -0.1) is 0 Å². The first-order chi connectivity index (χ1) is 36.7. The van der Waals surface area contributed by atoms with Crippen molar-refractivity contribution in [2.45, 2.75) is 80.8 Å². The van der Waals surface area contributed by atoms with Crippen molar-refractivity contribution in [3.63, 3.8) is 0 Å². The van der Waals surface area contributed by atoms with Crippen molar-refractivity contribution in [1.82, 2.24) is 9.97 Å². The van der Waals surface area contributed by atoms with E-state index in [1.165, 1.54) is 65.7 Å². The van der Waals surface area contributed by atoms with Gasteiger partial charge in [-0.05, 0) is 134 Å². The van der Waals surface area contributed by atoms with E-state index >= 15 is 0 Å². The summed E-state index contributed by atoms with van der Waals surface area (Å²) < 4.78 is 34.9. The molecule has 0 saturated heterocycles. The van der Waals surface area contributed by atoms with Crippen molar-refractivity contribution in [2.24, 2.45) is 17.4 Å². The smallest absolute Gasteiger partial charge is 1.00 e. The van der Waals surface area contributed by atoms with E-state index in [-0.39, 0.29) is 43.8 Å². The molecule has 0 fully saturated rings. The molecular weight excluding hydrogens is 1130 g/mol. The number of aromatic nitrogens is 2. The average molecular weight is 1210 g/mol. The van der Waals surface area contributed by atoms with Gasteiger partial charge in [-0.2, -0.15) is 9.97 Å². The number of ether oxygens (including phenoxy) is 6. The Bertz CT molecular complexity index is 2960. The van der Waals surface area contributed by atoms with Gasteiger partial charge in [0.15, 0.2) is 0 Å². The van der Waals surface area contributed by atoms with E-state index in [1.54, 1.807) is 42.7 Å². The van der Waals surface area contributed by atoms with Gasteiger partial charge in [-0.1, -0.05) is 155 Å². The molecule has 4 N–H and O–H groups in total. The molecule has 79 heavy (non-hydrogen) atoms. The van der Waals surface area contributed by atoms with Gasteiger partial charge in [0.1, 0.15) is 11.5 Å². The van der Waals surface area contributed by atoms with Gasteiger partial charge < -0.3 is 52.3 Å². The molecule has 0 aliphatic carbocycles. The van der Waals surface area contributed by atoms with Crippen LogP contribution in [0.25, 0.3) is 11.1 Å². The number of rotatable bonds is 17. The van der Waals surface area contributed by atoms with Gasteiger partial charge in [0.25, 0.3) is 0 Å². The summed E-state index contributed by atoms with van der Waals surface area (Å²) in [7, 11) is 7.55. The average Bonchev–Trinajstić information content (AvgIpc) is 3.51. The standard InChI is InChI=1S/C46H50N2O4P2.C19H26N2O2.ClH.Ru/c1-27-13-28(2)18-35(17-27)53(36-19-29(3)14-30(4)20-36)39-25-41(49-9)47-45(51-11)43(39)44-40(26-42(50-10)48-46(44)52-12)54(37-21-31(5)15-32(6)22-37)38-23-33(7)16-34(8)24-38;1-13(2)18(20)19(21,14-5-9-16(22-3)10-6-14)15-7-11-17(23-4)12-8-15;;/h13-26H,1-12H3;5-13,18H,20-21H2,1-4H3;1H;/q;;;+2/p-1/t;18-;;/m.0../s1. The van der Waals surface area contributed by atoms with Crippen molar-refractivity contribution in [3.05, 3.63) is 189 Å². The van der Waals surface area contributed by atoms with E-state index in [4.69, 9.17) is 49.9 Å². The maximum absolute atomic E-state index is 6.86. The molecule has 10 nitrogen and oxygen atoms in total. The molecule has 0 amide bonds. The van der Waals surface area contributed by atoms with E-state index in [2.05, 4.69) is 154 Å². The van der Waals surface area contributed by atoms with Gasteiger partial charge in [0.05, 0.1) is 59.3 Å². The molecular formula is C65H76ClN4O6P2Ru+. The number of benzene rings is 6. The zero-order chi connectivity index (χ0) is 55.9. The predicted molar refractivity (Wildman–Crippen MR) is 323 cm³/mol. The number of nitrogens with zero attached hydrogens (tertiary/aromatic N) is 2. The summed E-state index contributed by atoms with van der Waals surface area (Å²) in [5.41, 5.74) is 25.8. The Balaban J connectivity index is 0.000000386. The summed E-state index contributed by atoms with van der Waals surface area (Å²) >= 11 is 0. The maximum atomic E-state index is 6.86. The van der Waals surface area contributed by atoms with E-state index in [0.717, 1.165) is 44.4 Å². The van der Waals surface area contributed by atoms with E-state index in [0.29, 0.717) is 23.5 Å². The van der Waals surface area contributed by atoms with Crippen molar-refractivity contribution < 1.29 is 60.3 Å². The molecule has 6 aromatic carbocycles. The molecule has 0 aliphatic rings. The number of halogens is 1. The van der Waals surface area contributed by atoms with Gasteiger partial charge in [-0.25, -0.2) is 0 Å². The zero-order valence-corrected chi connectivity index (χ0v) is 52.8. The predicted octanol–water partition coefficient (Wildman–Crippen LogP) is 8.05. The molecule has 8 rings (SSSR count). The molecule has 0 aliphatic heterocycles. The van der Waals surface area contributed by atoms with Crippen LogP contribution in [-0.4, -0.2) is 58.7 Å². The van der Waals surface area contributed by atoms with Crippen LogP contribution in [0.15, 0.2) is 133 Å². The first-order valence-corrected chi connectivity index (χ1v) is 28.5. The number of methoxy groups -OCH3 is 6. The minimum atomic E-state index is -1.20. The van der Waals surface area contributed by atoms with Crippen molar-refractivity contribution >= 4 is 47.7 Å². The second kappa shape index (κ2) is 28.0. The minimum absolute atomic E-state index is 0. The number of hydrogen-bond acceptors (Lipinski definition) is 10. The Morgan fingerprint density at radius 3 is 0.886 bits per heavy atom. The van der Waals surface area contributed by atoms with Crippen LogP contribution in [-0.2, 0) is 25.0 Å². The Kier molecular flexibility index (Phi) is 22.7. The third kappa shape index (κ3) is 14.5. The molecule has 2 heterocycles. The molecule has 416 valence electrons. The summed E-state index contributed by atoms with van der Waals surface area (Å²) in [4.78, 5) is 9.93. The van der Waals surface area contributed by atoms with Crippen LogP contribution in [0.3, 0.4) is 0 Å². The molecule has 2 aromatic heterocycles. The summed E-state index contributed by atoms with van der Waals surface area (Å²) in [6.45, 7) is 21.5. The topological polar surface area (TPSA) is 133 Å². The summed E-state index contributed by atoms with van der Waals surface area (Å²) in [6, 6.07) is 46.8. The van der Waals surface area contributed by atoms with Crippen LogP contribution in [0.2, 0.25) is 0 Å². The van der Waals surface area contributed by atoms with Crippen LogP contribution < -0.4 is 84.1 Å².